The van der Waals surface area contributed by atoms with E-state index in [0.717, 1.165) is 32.4 Å². The molecular weight excluding hydrogens is 283 g/mol. The van der Waals surface area contributed by atoms with Gasteiger partial charge < -0.3 is 15.0 Å². The van der Waals surface area contributed by atoms with Crippen molar-refractivity contribution in [3.05, 3.63) is 30.1 Å². The summed E-state index contributed by atoms with van der Waals surface area (Å²) >= 11 is 0. The molecule has 0 aliphatic carbocycles. The van der Waals surface area contributed by atoms with E-state index >= 15 is 0 Å². The molecule has 0 radical (unpaired) electrons. The van der Waals surface area contributed by atoms with Gasteiger partial charge in [-0.05, 0) is 38.3 Å². The molecule has 1 fully saturated rings. The Kier molecular flexibility index (Phi) is 6.65. The predicted molar refractivity (Wildman–Crippen MR) is 85.5 cm³/mol. The second kappa shape index (κ2) is 8.73. The number of rotatable bonds is 7. The second-order valence-corrected chi connectivity index (χ2v) is 5.55. The minimum atomic E-state index is -0.193. The summed E-state index contributed by atoms with van der Waals surface area (Å²) in [7, 11) is 0. The first-order valence-electron chi connectivity index (χ1n) is 8.07. The zero-order valence-corrected chi connectivity index (χ0v) is 13.2. The van der Waals surface area contributed by atoms with Crippen molar-refractivity contribution in [2.75, 3.05) is 37.7 Å². The Morgan fingerprint density at radius 3 is 2.77 bits per heavy atom. The minimum Gasteiger partial charge on any atom is -0.382 e. The standard InChI is InChI=1S/C17H25FN2O2/c1-2-22-13-5-10-19-17(21)14-8-11-20(12-9-14)16-7-4-3-6-15(16)18/h3-4,6-7,14H,2,5,8-13H2,1H3,(H,19,21). The van der Waals surface area contributed by atoms with Crippen molar-refractivity contribution in [3.8, 4) is 0 Å². The topological polar surface area (TPSA) is 41.6 Å². The van der Waals surface area contributed by atoms with E-state index in [1.807, 2.05) is 17.9 Å². The normalized spacial score (nSPS) is 15.8. The summed E-state index contributed by atoms with van der Waals surface area (Å²) in [5, 5.41) is 2.97. The summed E-state index contributed by atoms with van der Waals surface area (Å²) in [6.07, 6.45) is 2.38. The van der Waals surface area contributed by atoms with E-state index in [2.05, 4.69) is 5.32 Å². The number of ether oxygens (including phenoxy) is 1. The van der Waals surface area contributed by atoms with Gasteiger partial charge in [0.1, 0.15) is 5.82 Å². The molecule has 1 aromatic carbocycles. The Morgan fingerprint density at radius 2 is 2.09 bits per heavy atom. The third-order valence-corrected chi connectivity index (χ3v) is 4.03. The highest BCUT2D eigenvalue weighted by molar-refractivity contribution is 5.79. The summed E-state index contributed by atoms with van der Waals surface area (Å²) in [5.41, 5.74) is 0.637. The van der Waals surface area contributed by atoms with Crippen molar-refractivity contribution in [1.29, 1.82) is 0 Å². The fourth-order valence-electron chi connectivity index (χ4n) is 2.77. The molecule has 4 nitrogen and oxygen atoms in total. The zero-order chi connectivity index (χ0) is 15.8. The third-order valence-electron chi connectivity index (χ3n) is 4.03. The molecule has 0 atom stereocenters. The van der Waals surface area contributed by atoms with Crippen LogP contribution in [0.3, 0.4) is 0 Å². The van der Waals surface area contributed by atoms with Crippen LogP contribution < -0.4 is 10.2 Å². The number of piperidine rings is 1. The first kappa shape index (κ1) is 16.7. The van der Waals surface area contributed by atoms with Crippen molar-refractivity contribution in [2.24, 2.45) is 5.92 Å². The van der Waals surface area contributed by atoms with E-state index in [0.29, 0.717) is 25.4 Å². The van der Waals surface area contributed by atoms with Crippen LogP contribution in [0.2, 0.25) is 0 Å². The number of halogens is 1. The van der Waals surface area contributed by atoms with E-state index < -0.39 is 0 Å². The average Bonchev–Trinajstić information content (AvgIpc) is 2.55. The van der Waals surface area contributed by atoms with Crippen LogP contribution in [0.4, 0.5) is 10.1 Å². The first-order chi connectivity index (χ1) is 10.7. The SMILES string of the molecule is CCOCCCNC(=O)C1CCN(c2ccccc2F)CC1. The quantitative estimate of drug-likeness (QED) is 0.787. The molecule has 1 aliphatic rings. The van der Waals surface area contributed by atoms with E-state index in [1.165, 1.54) is 6.07 Å². The summed E-state index contributed by atoms with van der Waals surface area (Å²) in [4.78, 5) is 14.1. The van der Waals surface area contributed by atoms with Gasteiger partial charge in [-0.25, -0.2) is 4.39 Å². The number of anilines is 1. The number of para-hydroxylation sites is 1. The molecule has 5 heteroatoms. The number of nitrogens with one attached hydrogen (secondary N) is 1. The molecule has 0 bridgehead atoms. The maximum absolute atomic E-state index is 13.8. The molecular formula is C17H25FN2O2. The van der Waals surface area contributed by atoms with Gasteiger partial charge in [-0.3, -0.25) is 4.79 Å². The van der Waals surface area contributed by atoms with E-state index in [-0.39, 0.29) is 17.6 Å². The van der Waals surface area contributed by atoms with Crippen molar-refractivity contribution < 1.29 is 13.9 Å². The van der Waals surface area contributed by atoms with Crippen LogP contribution in [0.5, 0.6) is 0 Å². The first-order valence-corrected chi connectivity index (χ1v) is 8.07. The molecule has 0 unspecified atom stereocenters. The smallest absolute Gasteiger partial charge is 0.223 e. The Labute approximate surface area is 131 Å². The molecule has 1 saturated heterocycles. The molecule has 1 aliphatic heterocycles. The Balaban J connectivity index is 1.72. The fourth-order valence-corrected chi connectivity index (χ4v) is 2.77. The summed E-state index contributed by atoms with van der Waals surface area (Å²) < 4.78 is 19.0. The monoisotopic (exact) mass is 308 g/mol. The lowest BCUT2D eigenvalue weighted by Gasteiger charge is -2.33. The van der Waals surface area contributed by atoms with Crippen molar-refractivity contribution in [2.45, 2.75) is 26.2 Å². The number of hydrogen-bond acceptors (Lipinski definition) is 3. The fraction of sp³-hybridized carbons (Fsp3) is 0.588. The number of hydrogen-bond donors (Lipinski definition) is 1. The minimum absolute atomic E-state index is 0.0371. The molecule has 22 heavy (non-hydrogen) atoms. The van der Waals surface area contributed by atoms with E-state index in [4.69, 9.17) is 4.74 Å². The number of carbonyl (C=O) groups is 1. The van der Waals surface area contributed by atoms with Crippen LogP contribution in [0.25, 0.3) is 0 Å². The highest BCUT2D eigenvalue weighted by Crippen LogP contribution is 2.25. The molecule has 1 N–H and O–H groups in total. The maximum Gasteiger partial charge on any atom is 0.223 e. The number of carbonyl (C=O) groups excluding carboxylic acids is 1. The largest absolute Gasteiger partial charge is 0.382 e. The summed E-state index contributed by atoms with van der Waals surface area (Å²) in [6, 6.07) is 6.81. The Hall–Kier alpha value is -1.62. The van der Waals surface area contributed by atoms with Gasteiger partial charge in [-0.15, -0.1) is 0 Å². The molecule has 1 aromatic rings. The Morgan fingerprint density at radius 1 is 1.36 bits per heavy atom. The van der Waals surface area contributed by atoms with Gasteiger partial charge in [0.15, 0.2) is 0 Å². The predicted octanol–water partition coefficient (Wildman–Crippen LogP) is 2.58. The molecule has 122 valence electrons. The average molecular weight is 308 g/mol. The number of amides is 1. The second-order valence-electron chi connectivity index (χ2n) is 5.55. The van der Waals surface area contributed by atoms with E-state index in [1.54, 1.807) is 12.1 Å². The van der Waals surface area contributed by atoms with Gasteiger partial charge in [0.2, 0.25) is 5.91 Å². The maximum atomic E-state index is 13.8. The van der Waals surface area contributed by atoms with Gasteiger partial charge >= 0.3 is 0 Å². The van der Waals surface area contributed by atoms with E-state index in [9.17, 15) is 9.18 Å². The molecule has 0 aromatic heterocycles. The van der Waals surface area contributed by atoms with Crippen LogP contribution in [0.15, 0.2) is 24.3 Å². The number of nitrogens with zero attached hydrogens (tertiary/aromatic N) is 1. The van der Waals surface area contributed by atoms with Gasteiger partial charge in [0.05, 0.1) is 5.69 Å². The molecule has 0 spiro atoms. The highest BCUT2D eigenvalue weighted by atomic mass is 19.1. The van der Waals surface area contributed by atoms with Crippen molar-refractivity contribution in [3.63, 3.8) is 0 Å². The van der Waals surface area contributed by atoms with Gasteiger partial charge in [0, 0.05) is 38.8 Å². The summed E-state index contributed by atoms with van der Waals surface area (Å²) in [6.45, 7) is 5.45. The van der Waals surface area contributed by atoms with Crippen LogP contribution in [-0.4, -0.2) is 38.8 Å². The van der Waals surface area contributed by atoms with Crippen LogP contribution in [-0.2, 0) is 9.53 Å². The molecule has 1 heterocycles. The van der Waals surface area contributed by atoms with Crippen molar-refractivity contribution in [1.82, 2.24) is 5.32 Å². The van der Waals surface area contributed by atoms with Crippen molar-refractivity contribution >= 4 is 11.6 Å². The lowest BCUT2D eigenvalue weighted by molar-refractivity contribution is -0.125. The highest BCUT2D eigenvalue weighted by Gasteiger charge is 2.25. The van der Waals surface area contributed by atoms with Gasteiger partial charge in [0.25, 0.3) is 0 Å². The van der Waals surface area contributed by atoms with Crippen LogP contribution in [0.1, 0.15) is 26.2 Å². The third kappa shape index (κ3) is 4.70. The van der Waals surface area contributed by atoms with Gasteiger partial charge in [-0.2, -0.15) is 0 Å². The summed E-state index contributed by atoms with van der Waals surface area (Å²) in [5.74, 6) is -0.0406. The number of benzene rings is 1. The molecule has 1 amide bonds. The van der Waals surface area contributed by atoms with Crippen LogP contribution >= 0.6 is 0 Å². The molecule has 0 saturated carbocycles. The zero-order valence-electron chi connectivity index (χ0n) is 13.2. The Bertz CT molecular complexity index is 473. The lowest BCUT2D eigenvalue weighted by Crippen LogP contribution is -2.41. The van der Waals surface area contributed by atoms with Gasteiger partial charge in [-0.1, -0.05) is 12.1 Å². The molecule has 2 rings (SSSR count). The lowest BCUT2D eigenvalue weighted by atomic mass is 9.95. The van der Waals surface area contributed by atoms with Crippen LogP contribution in [0, 0.1) is 11.7 Å².